The summed E-state index contributed by atoms with van der Waals surface area (Å²) >= 11 is 0. The molecule has 2 rings (SSSR count). The van der Waals surface area contributed by atoms with Gasteiger partial charge in [0.2, 0.25) is 11.8 Å². The Morgan fingerprint density at radius 1 is 1.17 bits per heavy atom. The lowest BCUT2D eigenvalue weighted by atomic mass is 10.2. The van der Waals surface area contributed by atoms with Gasteiger partial charge in [0.15, 0.2) is 0 Å². The molecule has 0 aliphatic heterocycles. The van der Waals surface area contributed by atoms with E-state index in [1.807, 2.05) is 44.2 Å². The minimum Gasteiger partial charge on any atom is -0.347 e. The number of hydrogen-bond donors (Lipinski definition) is 3. The van der Waals surface area contributed by atoms with Crippen molar-refractivity contribution in [1.82, 2.24) is 20.6 Å². The molecule has 1 atom stereocenters. The van der Waals surface area contributed by atoms with Gasteiger partial charge in [-0.25, -0.2) is 4.98 Å². The summed E-state index contributed by atoms with van der Waals surface area (Å²) in [6, 6.07) is 9.68. The van der Waals surface area contributed by atoms with Crippen LogP contribution in [-0.4, -0.2) is 28.3 Å². The molecule has 0 aliphatic carbocycles. The molecule has 0 fully saturated rings. The Hall–Kier alpha value is -2.63. The highest BCUT2D eigenvalue weighted by Gasteiger charge is 2.16. The van der Waals surface area contributed by atoms with Crippen molar-refractivity contribution in [3.63, 3.8) is 0 Å². The van der Waals surface area contributed by atoms with Crippen molar-refractivity contribution in [2.24, 2.45) is 0 Å². The highest BCUT2D eigenvalue weighted by molar-refractivity contribution is 5.84. The molecule has 1 heterocycles. The van der Waals surface area contributed by atoms with Crippen molar-refractivity contribution >= 4 is 11.8 Å². The number of aromatic nitrogens is 2. The Morgan fingerprint density at radius 2 is 1.92 bits per heavy atom. The molecular weight excluding hydrogens is 304 g/mol. The maximum absolute atomic E-state index is 12.0. The molecule has 128 valence electrons. The van der Waals surface area contributed by atoms with Crippen molar-refractivity contribution in [3.8, 4) is 11.3 Å². The minimum atomic E-state index is -0.219. The zero-order valence-corrected chi connectivity index (χ0v) is 14.1. The van der Waals surface area contributed by atoms with Crippen LogP contribution in [0.5, 0.6) is 0 Å². The Labute approximate surface area is 142 Å². The van der Waals surface area contributed by atoms with Crippen LogP contribution < -0.4 is 10.6 Å². The number of carbonyl (C=O) groups is 2. The average molecular weight is 328 g/mol. The topological polar surface area (TPSA) is 86.9 Å². The number of nitrogens with one attached hydrogen (secondary N) is 3. The Balaban J connectivity index is 1.95. The highest BCUT2D eigenvalue weighted by atomic mass is 16.2. The molecule has 1 aromatic carbocycles. The number of hydrogen-bond acceptors (Lipinski definition) is 3. The summed E-state index contributed by atoms with van der Waals surface area (Å²) in [7, 11) is 0. The number of amides is 2. The first-order valence-electron chi connectivity index (χ1n) is 8.30. The number of H-pyrrole nitrogens is 1. The summed E-state index contributed by atoms with van der Waals surface area (Å²) in [4.78, 5) is 31.1. The van der Waals surface area contributed by atoms with Crippen LogP contribution in [-0.2, 0) is 9.59 Å². The van der Waals surface area contributed by atoms with Gasteiger partial charge < -0.3 is 15.6 Å². The van der Waals surface area contributed by atoms with E-state index < -0.39 is 0 Å². The lowest BCUT2D eigenvalue weighted by Crippen LogP contribution is -2.38. The fourth-order valence-corrected chi connectivity index (χ4v) is 2.38. The highest BCUT2D eigenvalue weighted by Crippen LogP contribution is 2.20. The molecule has 1 unspecified atom stereocenters. The molecule has 0 saturated carbocycles. The molecule has 0 bridgehead atoms. The van der Waals surface area contributed by atoms with E-state index >= 15 is 0 Å². The van der Waals surface area contributed by atoms with Crippen LogP contribution in [0.3, 0.4) is 0 Å². The third kappa shape index (κ3) is 4.94. The largest absolute Gasteiger partial charge is 0.347 e. The molecule has 0 saturated heterocycles. The van der Waals surface area contributed by atoms with Crippen molar-refractivity contribution in [2.75, 3.05) is 6.54 Å². The third-order valence-electron chi connectivity index (χ3n) is 3.68. The average Bonchev–Trinajstić information content (AvgIpc) is 3.09. The number of benzene rings is 1. The van der Waals surface area contributed by atoms with Crippen LogP contribution in [0.15, 0.2) is 36.5 Å². The van der Waals surface area contributed by atoms with Crippen molar-refractivity contribution in [3.05, 3.63) is 42.4 Å². The molecular formula is C18H24N4O2. The summed E-state index contributed by atoms with van der Waals surface area (Å²) in [5, 5.41) is 5.51. The summed E-state index contributed by atoms with van der Waals surface area (Å²) in [6.45, 7) is 3.89. The van der Waals surface area contributed by atoms with Gasteiger partial charge in [0.25, 0.3) is 0 Å². The lowest BCUT2D eigenvalue weighted by molar-refractivity contribution is -0.126. The van der Waals surface area contributed by atoms with Gasteiger partial charge in [-0.05, 0) is 18.4 Å². The van der Waals surface area contributed by atoms with Crippen molar-refractivity contribution in [2.45, 2.75) is 39.2 Å². The van der Waals surface area contributed by atoms with E-state index in [1.54, 1.807) is 6.20 Å². The standard InChI is InChI=1S/C18H24N4O2/c1-3-8-16(23)19-12-17(24)21-14(4-2)18-20-11-15(22-18)13-9-6-5-7-10-13/h5-7,9-11,14H,3-4,8,12H2,1-2H3,(H,19,23)(H,20,22)(H,21,24). The van der Waals surface area contributed by atoms with Crippen LogP contribution >= 0.6 is 0 Å². The molecule has 6 nitrogen and oxygen atoms in total. The number of imidazole rings is 1. The molecule has 2 aromatic rings. The van der Waals surface area contributed by atoms with Crippen LogP contribution in [0.1, 0.15) is 45.0 Å². The summed E-state index contributed by atoms with van der Waals surface area (Å²) in [5.74, 6) is 0.388. The Morgan fingerprint density at radius 3 is 2.58 bits per heavy atom. The normalized spacial score (nSPS) is 11.8. The molecule has 3 N–H and O–H groups in total. The predicted molar refractivity (Wildman–Crippen MR) is 93.1 cm³/mol. The Bertz CT molecular complexity index is 667. The van der Waals surface area contributed by atoms with Crippen LogP contribution in [0.4, 0.5) is 0 Å². The summed E-state index contributed by atoms with van der Waals surface area (Å²) in [5.41, 5.74) is 1.96. The quantitative estimate of drug-likeness (QED) is 0.696. The first kappa shape index (κ1) is 17.7. The predicted octanol–water partition coefficient (Wildman–Crippen LogP) is 2.56. The first-order valence-corrected chi connectivity index (χ1v) is 8.30. The lowest BCUT2D eigenvalue weighted by Gasteiger charge is -2.15. The molecule has 0 spiro atoms. The van der Waals surface area contributed by atoms with Crippen LogP contribution in [0, 0.1) is 0 Å². The molecule has 0 aliphatic rings. The minimum absolute atomic E-state index is 0.0123. The maximum Gasteiger partial charge on any atom is 0.239 e. The van der Waals surface area contributed by atoms with Gasteiger partial charge in [-0.1, -0.05) is 44.2 Å². The van der Waals surface area contributed by atoms with Gasteiger partial charge in [-0.2, -0.15) is 0 Å². The molecule has 2 amide bonds. The monoisotopic (exact) mass is 328 g/mol. The molecule has 0 radical (unpaired) electrons. The van der Waals surface area contributed by atoms with E-state index in [4.69, 9.17) is 0 Å². The van der Waals surface area contributed by atoms with Gasteiger partial charge >= 0.3 is 0 Å². The van der Waals surface area contributed by atoms with E-state index in [2.05, 4.69) is 20.6 Å². The number of aromatic amines is 1. The second-order valence-corrected chi connectivity index (χ2v) is 5.60. The SMILES string of the molecule is CCCC(=O)NCC(=O)NC(CC)c1ncc(-c2ccccc2)[nH]1. The number of nitrogens with zero attached hydrogens (tertiary/aromatic N) is 1. The van der Waals surface area contributed by atoms with E-state index in [0.29, 0.717) is 18.7 Å². The maximum atomic E-state index is 12.0. The Kier molecular flexibility index (Phi) is 6.54. The van der Waals surface area contributed by atoms with Gasteiger partial charge in [0.1, 0.15) is 5.82 Å². The van der Waals surface area contributed by atoms with Crippen molar-refractivity contribution < 1.29 is 9.59 Å². The number of rotatable bonds is 8. The van der Waals surface area contributed by atoms with Gasteiger partial charge in [0.05, 0.1) is 24.5 Å². The zero-order valence-electron chi connectivity index (χ0n) is 14.1. The smallest absolute Gasteiger partial charge is 0.239 e. The third-order valence-corrected chi connectivity index (χ3v) is 3.68. The summed E-state index contributed by atoms with van der Waals surface area (Å²) < 4.78 is 0. The van der Waals surface area contributed by atoms with E-state index in [9.17, 15) is 9.59 Å². The van der Waals surface area contributed by atoms with Crippen LogP contribution in [0.25, 0.3) is 11.3 Å². The second kappa shape index (κ2) is 8.86. The zero-order chi connectivity index (χ0) is 17.4. The second-order valence-electron chi connectivity index (χ2n) is 5.60. The molecule has 6 heteroatoms. The van der Waals surface area contributed by atoms with Gasteiger partial charge in [-0.3, -0.25) is 9.59 Å². The van der Waals surface area contributed by atoms with Gasteiger partial charge in [0, 0.05) is 6.42 Å². The van der Waals surface area contributed by atoms with Crippen molar-refractivity contribution in [1.29, 1.82) is 0 Å². The number of carbonyl (C=O) groups excluding carboxylic acids is 2. The van der Waals surface area contributed by atoms with E-state index in [-0.39, 0.29) is 24.4 Å². The molecule has 24 heavy (non-hydrogen) atoms. The van der Waals surface area contributed by atoms with E-state index in [1.165, 1.54) is 0 Å². The fraction of sp³-hybridized carbons (Fsp3) is 0.389. The van der Waals surface area contributed by atoms with E-state index in [0.717, 1.165) is 17.7 Å². The molecule has 1 aromatic heterocycles. The summed E-state index contributed by atoms with van der Waals surface area (Å²) in [6.07, 6.45) is 3.67. The first-order chi connectivity index (χ1) is 11.6. The fourth-order valence-electron chi connectivity index (χ4n) is 2.38. The van der Waals surface area contributed by atoms with Gasteiger partial charge in [-0.15, -0.1) is 0 Å². The van der Waals surface area contributed by atoms with Crippen LogP contribution in [0.2, 0.25) is 0 Å².